The molecule has 6 heteroatoms. The summed E-state index contributed by atoms with van der Waals surface area (Å²) in [5.74, 6) is -0.904. The molecule has 1 aromatic heterocycles. The average molecular weight is 321 g/mol. The number of hydrogen-bond acceptors (Lipinski definition) is 4. The van der Waals surface area contributed by atoms with Crippen molar-refractivity contribution in [1.82, 2.24) is 14.7 Å². The number of aromatic nitrogens is 2. The highest BCUT2D eigenvalue weighted by Crippen LogP contribution is 2.30. The molecular formula is C17H27N3O3. The molecule has 0 spiro atoms. The lowest BCUT2D eigenvalue weighted by molar-refractivity contribution is -0.0982. The van der Waals surface area contributed by atoms with Gasteiger partial charge in [-0.15, -0.1) is 0 Å². The molecule has 0 amide bonds. The lowest BCUT2D eigenvalue weighted by Crippen LogP contribution is -2.53. The number of nitrogens with zero attached hydrogens (tertiary/aromatic N) is 3. The summed E-state index contributed by atoms with van der Waals surface area (Å²) in [6.07, 6.45) is 3.74. The van der Waals surface area contributed by atoms with E-state index >= 15 is 0 Å². The molecule has 0 saturated carbocycles. The zero-order valence-electron chi connectivity index (χ0n) is 14.3. The molecule has 128 valence electrons. The van der Waals surface area contributed by atoms with E-state index < -0.39 is 5.97 Å². The molecule has 23 heavy (non-hydrogen) atoms. The van der Waals surface area contributed by atoms with Crippen molar-refractivity contribution in [2.24, 2.45) is 0 Å². The first kappa shape index (κ1) is 16.5. The molecular weight excluding hydrogens is 294 g/mol. The molecule has 0 bridgehead atoms. The van der Waals surface area contributed by atoms with E-state index in [1.807, 2.05) is 4.68 Å². The minimum atomic E-state index is -0.904. The number of morpholine rings is 1. The number of fused-ring (bicyclic) bond motifs is 1. The maximum absolute atomic E-state index is 11.6. The maximum atomic E-state index is 11.6. The van der Waals surface area contributed by atoms with Crippen LogP contribution in [0.3, 0.4) is 0 Å². The van der Waals surface area contributed by atoms with Crippen molar-refractivity contribution >= 4 is 5.97 Å². The van der Waals surface area contributed by atoms with Crippen molar-refractivity contribution in [3.05, 3.63) is 17.0 Å². The third kappa shape index (κ3) is 3.28. The minimum Gasteiger partial charge on any atom is -0.476 e. The monoisotopic (exact) mass is 321 g/mol. The summed E-state index contributed by atoms with van der Waals surface area (Å²) in [4.78, 5) is 14.0. The fourth-order valence-electron chi connectivity index (χ4n) is 3.91. The Morgan fingerprint density at radius 2 is 2.26 bits per heavy atom. The molecule has 2 heterocycles. The van der Waals surface area contributed by atoms with Crippen LogP contribution in [0.5, 0.6) is 0 Å². The van der Waals surface area contributed by atoms with E-state index in [0.29, 0.717) is 6.04 Å². The van der Waals surface area contributed by atoms with Gasteiger partial charge < -0.3 is 9.84 Å². The molecule has 6 nitrogen and oxygen atoms in total. The standard InChI is InChI=1S/C17H27N3O3/c1-4-7-20-14-6-5-12(10-13(14)15(18-20)16(21)22)19-8-9-23-17(2,3)11-19/h12H,4-11H2,1-3H3,(H,21,22). The van der Waals surface area contributed by atoms with Crippen LogP contribution >= 0.6 is 0 Å². The molecule has 1 unspecified atom stereocenters. The number of rotatable bonds is 4. The molecule has 1 N–H and O–H groups in total. The van der Waals surface area contributed by atoms with Gasteiger partial charge in [0.1, 0.15) is 0 Å². The summed E-state index contributed by atoms with van der Waals surface area (Å²) in [5.41, 5.74) is 2.21. The Morgan fingerprint density at radius 1 is 1.48 bits per heavy atom. The summed E-state index contributed by atoms with van der Waals surface area (Å²) < 4.78 is 7.72. The fraction of sp³-hybridized carbons (Fsp3) is 0.765. The number of hydrogen-bond donors (Lipinski definition) is 1. The topological polar surface area (TPSA) is 67.6 Å². The Kier molecular flexibility index (Phi) is 4.47. The van der Waals surface area contributed by atoms with Crippen LogP contribution in [-0.4, -0.2) is 57.1 Å². The summed E-state index contributed by atoms with van der Waals surface area (Å²) in [7, 11) is 0. The van der Waals surface area contributed by atoms with Gasteiger partial charge in [0.2, 0.25) is 0 Å². The molecule has 1 aliphatic carbocycles. The third-order valence-electron chi connectivity index (χ3n) is 4.93. The largest absolute Gasteiger partial charge is 0.476 e. The van der Waals surface area contributed by atoms with E-state index in [0.717, 1.165) is 63.2 Å². The second-order valence-corrected chi connectivity index (χ2v) is 7.28. The number of carbonyl (C=O) groups is 1. The first-order chi connectivity index (χ1) is 10.9. The molecule has 3 rings (SSSR count). The second kappa shape index (κ2) is 6.24. The maximum Gasteiger partial charge on any atom is 0.356 e. The zero-order chi connectivity index (χ0) is 16.6. The van der Waals surface area contributed by atoms with E-state index in [1.54, 1.807) is 0 Å². The number of ether oxygens (including phenoxy) is 1. The van der Waals surface area contributed by atoms with Crippen molar-refractivity contribution in [2.45, 2.75) is 64.6 Å². The highest BCUT2D eigenvalue weighted by atomic mass is 16.5. The van der Waals surface area contributed by atoms with Crippen molar-refractivity contribution < 1.29 is 14.6 Å². The zero-order valence-corrected chi connectivity index (χ0v) is 14.3. The molecule has 1 fully saturated rings. The van der Waals surface area contributed by atoms with Crippen LogP contribution in [0.2, 0.25) is 0 Å². The van der Waals surface area contributed by atoms with E-state index in [-0.39, 0.29) is 11.3 Å². The van der Waals surface area contributed by atoms with Crippen LogP contribution in [0.25, 0.3) is 0 Å². The number of aryl methyl sites for hydroxylation is 1. The summed E-state index contributed by atoms with van der Waals surface area (Å²) in [6, 6.07) is 0.392. The summed E-state index contributed by atoms with van der Waals surface area (Å²) >= 11 is 0. The molecule has 0 aromatic carbocycles. The van der Waals surface area contributed by atoms with Crippen LogP contribution in [-0.2, 0) is 24.1 Å². The van der Waals surface area contributed by atoms with Crippen LogP contribution in [0.1, 0.15) is 55.4 Å². The fourth-order valence-corrected chi connectivity index (χ4v) is 3.91. The lowest BCUT2D eigenvalue weighted by Gasteiger charge is -2.43. The predicted molar refractivity (Wildman–Crippen MR) is 86.9 cm³/mol. The van der Waals surface area contributed by atoms with Gasteiger partial charge >= 0.3 is 5.97 Å². The van der Waals surface area contributed by atoms with Gasteiger partial charge in [0, 0.05) is 36.9 Å². The van der Waals surface area contributed by atoms with Crippen LogP contribution in [0.15, 0.2) is 0 Å². The number of aromatic carboxylic acids is 1. The van der Waals surface area contributed by atoms with E-state index in [2.05, 4.69) is 30.8 Å². The Hall–Kier alpha value is -1.40. The Bertz CT molecular complexity index is 594. The Labute approximate surface area is 137 Å². The van der Waals surface area contributed by atoms with E-state index in [1.165, 1.54) is 0 Å². The smallest absolute Gasteiger partial charge is 0.356 e. The Morgan fingerprint density at radius 3 is 2.91 bits per heavy atom. The van der Waals surface area contributed by atoms with Gasteiger partial charge in [-0.25, -0.2) is 4.79 Å². The van der Waals surface area contributed by atoms with Gasteiger partial charge in [-0.3, -0.25) is 9.58 Å². The molecule has 1 saturated heterocycles. The van der Waals surface area contributed by atoms with Gasteiger partial charge in [0.25, 0.3) is 0 Å². The average Bonchev–Trinajstić information content (AvgIpc) is 2.85. The Balaban J connectivity index is 1.83. The highest BCUT2D eigenvalue weighted by molar-refractivity contribution is 5.87. The molecule has 1 aliphatic heterocycles. The van der Waals surface area contributed by atoms with Gasteiger partial charge in [-0.05, 0) is 39.5 Å². The normalized spacial score (nSPS) is 24.4. The van der Waals surface area contributed by atoms with E-state index in [9.17, 15) is 9.90 Å². The van der Waals surface area contributed by atoms with Gasteiger partial charge in [0.15, 0.2) is 5.69 Å². The van der Waals surface area contributed by atoms with Gasteiger partial charge in [-0.1, -0.05) is 6.92 Å². The van der Waals surface area contributed by atoms with Gasteiger partial charge in [0.05, 0.1) is 12.2 Å². The van der Waals surface area contributed by atoms with Crippen molar-refractivity contribution in [3.63, 3.8) is 0 Å². The second-order valence-electron chi connectivity index (χ2n) is 7.28. The van der Waals surface area contributed by atoms with Crippen LogP contribution in [0.4, 0.5) is 0 Å². The van der Waals surface area contributed by atoms with Crippen LogP contribution < -0.4 is 0 Å². The van der Waals surface area contributed by atoms with Crippen molar-refractivity contribution in [1.29, 1.82) is 0 Å². The predicted octanol–water partition coefficient (Wildman–Crippen LogP) is 1.96. The van der Waals surface area contributed by atoms with Crippen LogP contribution in [0, 0.1) is 0 Å². The quantitative estimate of drug-likeness (QED) is 0.918. The first-order valence-electron chi connectivity index (χ1n) is 8.61. The molecule has 2 aliphatic rings. The van der Waals surface area contributed by atoms with Gasteiger partial charge in [-0.2, -0.15) is 5.10 Å². The highest BCUT2D eigenvalue weighted by Gasteiger charge is 2.35. The summed E-state index contributed by atoms with van der Waals surface area (Å²) in [5, 5.41) is 13.9. The molecule has 0 radical (unpaired) electrons. The number of carboxylic acids is 1. The summed E-state index contributed by atoms with van der Waals surface area (Å²) in [6.45, 7) is 9.70. The molecule has 1 atom stereocenters. The SMILES string of the molecule is CCCn1nc(C(=O)O)c2c1CCC(N1CCOC(C)(C)C1)C2. The van der Waals surface area contributed by atoms with E-state index in [4.69, 9.17) is 4.74 Å². The molecule has 1 aromatic rings. The number of carboxylic acid groups (broad SMARTS) is 1. The lowest BCUT2D eigenvalue weighted by atomic mass is 9.89. The van der Waals surface area contributed by atoms with Crippen molar-refractivity contribution in [2.75, 3.05) is 19.7 Å². The third-order valence-corrected chi connectivity index (χ3v) is 4.93. The van der Waals surface area contributed by atoms with Crippen molar-refractivity contribution in [3.8, 4) is 0 Å². The minimum absolute atomic E-state index is 0.124. The first-order valence-corrected chi connectivity index (χ1v) is 8.61.